The number of benzene rings is 2. The van der Waals surface area contributed by atoms with E-state index in [1.807, 2.05) is 6.92 Å². The van der Waals surface area contributed by atoms with Gasteiger partial charge in [-0.1, -0.05) is 19.9 Å². The number of sulfone groups is 1. The second-order valence-electron chi connectivity index (χ2n) is 12.2. The highest BCUT2D eigenvalue weighted by atomic mass is 32.2. The summed E-state index contributed by atoms with van der Waals surface area (Å²) in [6, 6.07) is 5.10. The van der Waals surface area contributed by atoms with E-state index >= 15 is 0 Å². The summed E-state index contributed by atoms with van der Waals surface area (Å²) >= 11 is 0. The van der Waals surface area contributed by atoms with Crippen LogP contribution in [0.15, 0.2) is 41.3 Å². The predicted molar refractivity (Wildman–Crippen MR) is 159 cm³/mol. The van der Waals surface area contributed by atoms with E-state index in [1.54, 1.807) is 6.92 Å². The van der Waals surface area contributed by atoms with E-state index in [1.165, 1.54) is 13.2 Å². The second kappa shape index (κ2) is 13.7. The molecule has 0 aromatic heterocycles. The Hall–Kier alpha value is -3.92. The fourth-order valence-corrected chi connectivity index (χ4v) is 6.93. The molecule has 2 fully saturated rings. The average molecular weight is 689 g/mol. The lowest BCUT2D eigenvalue weighted by atomic mass is 9.71. The monoisotopic (exact) mass is 688 g/mol. The Bertz CT molecular complexity index is 1630. The number of rotatable bonds is 9. The van der Waals surface area contributed by atoms with Crippen LogP contribution in [0.1, 0.15) is 62.7 Å². The van der Waals surface area contributed by atoms with Crippen molar-refractivity contribution in [1.82, 2.24) is 5.32 Å². The summed E-state index contributed by atoms with van der Waals surface area (Å²) in [5, 5.41) is 24.8. The van der Waals surface area contributed by atoms with Gasteiger partial charge in [0, 0.05) is 17.8 Å². The van der Waals surface area contributed by atoms with Gasteiger partial charge in [-0.25, -0.2) is 17.6 Å². The molecule has 16 heteroatoms. The fraction of sp³-hybridized carbons (Fsp3) is 0.516. The normalized spacial score (nSPS) is 26.6. The van der Waals surface area contributed by atoms with E-state index in [2.05, 4.69) is 10.6 Å². The van der Waals surface area contributed by atoms with Gasteiger partial charge in [0.1, 0.15) is 5.75 Å². The molecule has 11 nitrogen and oxygen atoms in total. The zero-order chi connectivity index (χ0) is 34.9. The summed E-state index contributed by atoms with van der Waals surface area (Å²) in [4.78, 5) is 37.5. The lowest BCUT2D eigenvalue weighted by molar-refractivity contribution is -0.163. The largest absolute Gasteiger partial charge is 0.501 e. The number of amides is 2. The first-order chi connectivity index (χ1) is 21.9. The Kier molecular flexibility index (Phi) is 10.4. The third kappa shape index (κ3) is 7.64. The number of nitrogens with one attached hydrogen (secondary N) is 2. The van der Waals surface area contributed by atoms with Crippen LogP contribution in [-0.4, -0.2) is 66.8 Å². The highest BCUT2D eigenvalue weighted by Crippen LogP contribution is 2.38. The first-order valence-corrected chi connectivity index (χ1v) is 16.4. The van der Waals surface area contributed by atoms with Gasteiger partial charge >= 0.3 is 11.5 Å². The molecule has 0 unspecified atom stereocenters. The van der Waals surface area contributed by atoms with Crippen LogP contribution < -0.4 is 20.1 Å². The summed E-state index contributed by atoms with van der Waals surface area (Å²) < 4.78 is 89.1. The van der Waals surface area contributed by atoms with E-state index in [9.17, 15) is 50.6 Å². The Morgan fingerprint density at radius 3 is 2.21 bits per heavy atom. The molecule has 0 spiro atoms. The number of methoxy groups -OCH3 is 1. The van der Waals surface area contributed by atoms with Gasteiger partial charge in [-0.3, -0.25) is 9.59 Å². The van der Waals surface area contributed by atoms with Gasteiger partial charge in [-0.15, -0.1) is 0 Å². The number of ether oxygens (including phenoxy) is 2. The number of halogens is 4. The fourth-order valence-electron chi connectivity index (χ4n) is 6.13. The van der Waals surface area contributed by atoms with E-state index in [4.69, 9.17) is 9.47 Å². The van der Waals surface area contributed by atoms with E-state index in [0.29, 0.717) is 18.9 Å². The zero-order valence-electron chi connectivity index (χ0n) is 25.8. The van der Waals surface area contributed by atoms with E-state index in [0.717, 1.165) is 24.3 Å². The highest BCUT2D eigenvalue weighted by molar-refractivity contribution is 7.92. The number of anilines is 1. The summed E-state index contributed by atoms with van der Waals surface area (Å²) in [7, 11) is -4.43. The molecule has 4 rings (SSSR count). The van der Waals surface area contributed by atoms with Crippen LogP contribution in [0, 0.1) is 23.6 Å². The van der Waals surface area contributed by atoms with Crippen molar-refractivity contribution in [2.45, 2.75) is 80.5 Å². The molecular formula is C31H36F4N2O9S. The highest BCUT2D eigenvalue weighted by Gasteiger charge is 2.47. The maximum Gasteiger partial charge on any atom is 0.501 e. The van der Waals surface area contributed by atoms with Crippen molar-refractivity contribution >= 4 is 33.3 Å². The third-order valence-corrected chi connectivity index (χ3v) is 10.4. The molecule has 258 valence electrons. The molecule has 2 aromatic carbocycles. The number of aliphatic hydroxyl groups is 1. The van der Waals surface area contributed by atoms with Crippen molar-refractivity contribution in [2.24, 2.45) is 17.8 Å². The summed E-state index contributed by atoms with van der Waals surface area (Å²) in [5.74, 6) is -5.43. The van der Waals surface area contributed by atoms with Gasteiger partial charge in [0.25, 0.3) is 15.7 Å². The van der Waals surface area contributed by atoms with Gasteiger partial charge in [-0.2, -0.15) is 13.2 Å². The van der Waals surface area contributed by atoms with Crippen molar-refractivity contribution in [2.75, 3.05) is 12.4 Å². The second-order valence-corrected chi connectivity index (χ2v) is 14.1. The molecule has 2 amide bonds. The smallest absolute Gasteiger partial charge is 0.496 e. The minimum Gasteiger partial charge on any atom is -0.496 e. The quantitative estimate of drug-likeness (QED) is 0.273. The standard InChI is InChI=1S/C31H36F4N2O9S/c1-16-7-8-17(2)26(25(16)28(39)36-18-5-4-6-20(13-18)47(43,44)31(33,34)35)37-27(38)21-14-24(22(32)15-23(21)45-3)46-19-9-11-30(42,12-10-19)29(40)41/h4-6,13-17,19,25-26,42H,7-12H2,1-3H3,(H,36,39)(H,37,38)(H,40,41)/t16-,17+,19?,25+,26-,30?/m1/s1. The average Bonchev–Trinajstić information content (AvgIpc) is 3.00. The summed E-state index contributed by atoms with van der Waals surface area (Å²) in [6.07, 6.45) is 0.595. The van der Waals surface area contributed by atoms with Crippen LogP contribution in [0.5, 0.6) is 11.5 Å². The predicted octanol–water partition coefficient (Wildman–Crippen LogP) is 4.68. The molecule has 4 atom stereocenters. The zero-order valence-corrected chi connectivity index (χ0v) is 26.6. The van der Waals surface area contributed by atoms with Crippen LogP contribution in [0.2, 0.25) is 0 Å². The molecule has 4 N–H and O–H groups in total. The molecule has 0 saturated heterocycles. The summed E-state index contributed by atoms with van der Waals surface area (Å²) in [5.41, 5.74) is -7.73. The Balaban J connectivity index is 1.55. The molecular weight excluding hydrogens is 652 g/mol. The van der Waals surface area contributed by atoms with Gasteiger partial charge in [0.05, 0.1) is 29.6 Å². The molecule has 2 aliphatic rings. The van der Waals surface area contributed by atoms with E-state index in [-0.39, 0.29) is 60.3 Å². The number of alkyl halides is 3. The van der Waals surface area contributed by atoms with E-state index < -0.39 is 67.5 Å². The van der Waals surface area contributed by atoms with Crippen molar-refractivity contribution in [3.05, 3.63) is 47.8 Å². The number of carboxylic acid groups (broad SMARTS) is 1. The number of hydrogen-bond donors (Lipinski definition) is 4. The van der Waals surface area contributed by atoms with Crippen LogP contribution >= 0.6 is 0 Å². The van der Waals surface area contributed by atoms with Gasteiger partial charge in [0.15, 0.2) is 17.2 Å². The lowest BCUT2D eigenvalue weighted by Crippen LogP contribution is -2.53. The number of aliphatic carboxylic acids is 1. The van der Waals surface area contributed by atoms with Crippen LogP contribution in [-0.2, 0) is 19.4 Å². The SMILES string of the molecule is COc1cc(F)c(OC2CCC(O)(C(=O)O)CC2)cc1C(=O)N[C@H]1[C@@H](C(=O)Nc2cccc(S(=O)(=O)C(F)(F)F)c2)[C@H](C)CC[C@@H]1C. The molecule has 2 aromatic rings. The van der Waals surface area contributed by atoms with Crippen molar-refractivity contribution in [3.63, 3.8) is 0 Å². The van der Waals surface area contributed by atoms with Crippen molar-refractivity contribution < 1.29 is 60.0 Å². The van der Waals surface area contributed by atoms with Gasteiger partial charge in [0.2, 0.25) is 5.91 Å². The van der Waals surface area contributed by atoms with Crippen molar-refractivity contribution in [1.29, 1.82) is 0 Å². The molecule has 47 heavy (non-hydrogen) atoms. The first kappa shape index (κ1) is 35.9. The van der Waals surface area contributed by atoms with Gasteiger partial charge < -0.3 is 30.3 Å². The Morgan fingerprint density at radius 1 is 0.979 bits per heavy atom. The van der Waals surface area contributed by atoms with Gasteiger partial charge in [-0.05, 0) is 74.6 Å². The first-order valence-electron chi connectivity index (χ1n) is 14.9. The lowest BCUT2D eigenvalue weighted by Gasteiger charge is -2.40. The Labute approximate surface area is 268 Å². The van der Waals surface area contributed by atoms with Crippen LogP contribution in [0.3, 0.4) is 0 Å². The third-order valence-electron chi connectivity index (χ3n) is 8.96. The Morgan fingerprint density at radius 2 is 1.62 bits per heavy atom. The number of hydrogen-bond acceptors (Lipinski definition) is 8. The molecule has 0 radical (unpaired) electrons. The molecule has 0 bridgehead atoms. The number of carbonyl (C=O) groups is 3. The molecule has 0 heterocycles. The van der Waals surface area contributed by atoms with Crippen LogP contribution in [0.4, 0.5) is 23.2 Å². The molecule has 2 saturated carbocycles. The molecule has 0 aliphatic heterocycles. The van der Waals surface area contributed by atoms with Crippen molar-refractivity contribution in [3.8, 4) is 11.5 Å². The topological polar surface area (TPSA) is 168 Å². The maximum atomic E-state index is 15.0. The summed E-state index contributed by atoms with van der Waals surface area (Å²) in [6.45, 7) is 3.59. The van der Waals surface area contributed by atoms with Crippen LogP contribution in [0.25, 0.3) is 0 Å². The minimum absolute atomic E-state index is 0.109. The number of carbonyl (C=O) groups excluding carboxylic acids is 2. The maximum absolute atomic E-state index is 15.0. The molecule has 2 aliphatic carbocycles. The minimum atomic E-state index is -5.66. The number of carboxylic acids is 1.